The maximum absolute atomic E-state index is 12.8. The van der Waals surface area contributed by atoms with Crippen molar-refractivity contribution < 1.29 is 9.53 Å². The molecule has 8 nitrogen and oxygen atoms in total. The number of fused-ring (bicyclic) bond motifs is 1. The molecule has 1 amide bonds. The highest BCUT2D eigenvalue weighted by Gasteiger charge is 2.30. The minimum Gasteiger partial charge on any atom is -0.493 e. The molecule has 3 heterocycles. The van der Waals surface area contributed by atoms with Crippen molar-refractivity contribution in [1.82, 2.24) is 19.9 Å². The highest BCUT2D eigenvalue weighted by atomic mass is 35.5. The van der Waals surface area contributed by atoms with E-state index in [4.69, 9.17) is 27.9 Å². The largest absolute Gasteiger partial charge is 0.493 e. The van der Waals surface area contributed by atoms with Crippen molar-refractivity contribution in [2.45, 2.75) is 32.7 Å². The number of benzene rings is 1. The lowest BCUT2D eigenvalue weighted by Crippen LogP contribution is -2.18. The van der Waals surface area contributed by atoms with Crippen molar-refractivity contribution in [2.75, 3.05) is 19.5 Å². The summed E-state index contributed by atoms with van der Waals surface area (Å²) in [6.45, 7) is 11.8. The summed E-state index contributed by atoms with van der Waals surface area (Å²) in [5.74, 6) is 0.796. The number of anilines is 2. The second-order valence-corrected chi connectivity index (χ2v) is 8.51. The number of nitrogens with one attached hydrogen (secondary N) is 1. The van der Waals surface area contributed by atoms with Gasteiger partial charge in [-0.2, -0.15) is 0 Å². The van der Waals surface area contributed by atoms with Crippen LogP contribution in [0, 0.1) is 6.57 Å². The number of rotatable bonds is 6. The third-order valence-electron chi connectivity index (χ3n) is 5.38. The molecule has 2 aromatic heterocycles. The van der Waals surface area contributed by atoms with E-state index in [9.17, 15) is 4.79 Å². The van der Waals surface area contributed by atoms with Gasteiger partial charge in [-0.05, 0) is 24.1 Å². The summed E-state index contributed by atoms with van der Waals surface area (Å²) in [4.78, 5) is 31.6. The monoisotopic (exact) mass is 462 g/mol. The van der Waals surface area contributed by atoms with Crippen LogP contribution in [0.1, 0.15) is 52.9 Å². The Hall–Kier alpha value is -3.70. The van der Waals surface area contributed by atoms with E-state index in [1.807, 2.05) is 26.0 Å². The second kappa shape index (κ2) is 9.04. The average Bonchev–Trinajstić information content (AvgIpc) is 3.07. The molecule has 0 spiro atoms. The molecule has 0 saturated heterocycles. The molecular formula is C24H23ClN6O2. The summed E-state index contributed by atoms with van der Waals surface area (Å²) in [7, 11) is 3.29. The van der Waals surface area contributed by atoms with Gasteiger partial charge in [0.2, 0.25) is 0 Å². The van der Waals surface area contributed by atoms with Crippen LogP contribution in [0.15, 0.2) is 30.5 Å². The topological polar surface area (TPSA) is 84.6 Å². The summed E-state index contributed by atoms with van der Waals surface area (Å²) in [5.41, 5.74) is 4.49. The van der Waals surface area contributed by atoms with Crippen LogP contribution in [-0.2, 0) is 13.0 Å². The predicted octanol–water partition coefficient (Wildman–Crippen LogP) is 5.13. The quantitative estimate of drug-likeness (QED) is 0.511. The van der Waals surface area contributed by atoms with E-state index in [0.717, 1.165) is 0 Å². The lowest BCUT2D eigenvalue weighted by atomic mass is 10.1. The molecule has 33 heavy (non-hydrogen) atoms. The molecule has 1 N–H and O–H groups in total. The van der Waals surface area contributed by atoms with Crippen molar-refractivity contribution in [2.24, 2.45) is 0 Å². The number of hydrogen-bond acceptors (Lipinski definition) is 6. The fourth-order valence-electron chi connectivity index (χ4n) is 3.83. The molecule has 1 aliphatic rings. The highest BCUT2D eigenvalue weighted by Crippen LogP contribution is 2.37. The van der Waals surface area contributed by atoms with Crippen LogP contribution < -0.4 is 10.1 Å². The number of ether oxygens (including phenoxy) is 1. The highest BCUT2D eigenvalue weighted by molar-refractivity contribution is 6.32. The number of nitrogens with zero attached hydrogens (tertiary/aromatic N) is 5. The summed E-state index contributed by atoms with van der Waals surface area (Å²) in [6, 6.07) is 7.20. The van der Waals surface area contributed by atoms with Crippen molar-refractivity contribution in [3.05, 3.63) is 75.2 Å². The summed E-state index contributed by atoms with van der Waals surface area (Å²) < 4.78 is 5.45. The van der Waals surface area contributed by atoms with E-state index in [0.29, 0.717) is 69.3 Å². The number of aromatic nitrogens is 3. The minimum atomic E-state index is -0.107. The van der Waals surface area contributed by atoms with Gasteiger partial charge in [0.15, 0.2) is 11.4 Å². The van der Waals surface area contributed by atoms with Gasteiger partial charge in [-0.15, -0.1) is 4.98 Å². The summed E-state index contributed by atoms with van der Waals surface area (Å²) >= 11 is 6.28. The van der Waals surface area contributed by atoms with Gasteiger partial charge >= 0.3 is 0 Å². The number of methoxy groups -OCH3 is 1. The van der Waals surface area contributed by atoms with Crippen LogP contribution in [0.4, 0.5) is 17.2 Å². The van der Waals surface area contributed by atoms with Gasteiger partial charge in [-0.1, -0.05) is 38.1 Å². The maximum Gasteiger partial charge on any atom is 0.291 e. The standard InChI is InChI=1S/C24H23ClN6O2/c1-13(2)21-23(26-3)29-15(11-27-21)9-14-10-18(20-19(28-14)12-31(4)24(20)32)30-17-8-6-7-16(25)22(17)33-5/h6-8,10-11,13H,9,12H2,1-2,4-5H3,(H,28,30). The molecule has 0 atom stereocenters. The fourth-order valence-corrected chi connectivity index (χ4v) is 4.08. The Morgan fingerprint density at radius 3 is 2.76 bits per heavy atom. The lowest BCUT2D eigenvalue weighted by molar-refractivity contribution is 0.0817. The Morgan fingerprint density at radius 2 is 2.06 bits per heavy atom. The first-order valence-corrected chi connectivity index (χ1v) is 10.8. The first-order valence-electron chi connectivity index (χ1n) is 10.4. The first kappa shape index (κ1) is 22.5. The summed E-state index contributed by atoms with van der Waals surface area (Å²) in [5, 5.41) is 3.77. The fraction of sp³-hybridized carbons (Fsp3) is 0.292. The number of carbonyl (C=O) groups excluding carboxylic acids is 1. The molecule has 3 aromatic rings. The number of halogens is 1. The third-order valence-corrected chi connectivity index (χ3v) is 5.68. The zero-order valence-corrected chi connectivity index (χ0v) is 19.6. The van der Waals surface area contributed by atoms with Gasteiger partial charge in [0.1, 0.15) is 0 Å². The van der Waals surface area contributed by atoms with Crippen molar-refractivity contribution in [1.29, 1.82) is 0 Å². The van der Waals surface area contributed by atoms with Crippen LogP contribution >= 0.6 is 11.6 Å². The van der Waals surface area contributed by atoms with Crippen molar-refractivity contribution >= 4 is 34.7 Å². The van der Waals surface area contributed by atoms with Gasteiger partial charge in [-0.25, -0.2) is 0 Å². The molecule has 9 heteroatoms. The Morgan fingerprint density at radius 1 is 1.27 bits per heavy atom. The molecule has 0 radical (unpaired) electrons. The number of pyridine rings is 1. The van der Waals surface area contributed by atoms with Crippen LogP contribution in [-0.4, -0.2) is 39.9 Å². The van der Waals surface area contributed by atoms with Gasteiger partial charge in [-0.3, -0.25) is 14.8 Å². The van der Waals surface area contributed by atoms with Crippen LogP contribution in [0.5, 0.6) is 5.75 Å². The minimum absolute atomic E-state index is 0.107. The molecular weight excluding hydrogens is 440 g/mol. The first-order chi connectivity index (χ1) is 15.8. The molecule has 0 bridgehead atoms. The lowest BCUT2D eigenvalue weighted by Gasteiger charge is -2.15. The van der Waals surface area contributed by atoms with Gasteiger partial charge < -0.3 is 19.8 Å². The number of para-hydroxylation sites is 1. The Bertz CT molecular complexity index is 1280. The maximum atomic E-state index is 12.8. The molecule has 1 aromatic carbocycles. The van der Waals surface area contributed by atoms with Crippen LogP contribution in [0.3, 0.4) is 0 Å². The third kappa shape index (κ3) is 4.32. The van der Waals surface area contributed by atoms with Crippen molar-refractivity contribution in [3.8, 4) is 5.75 Å². The Balaban J connectivity index is 1.75. The summed E-state index contributed by atoms with van der Waals surface area (Å²) in [6.07, 6.45) is 2.06. The number of amides is 1. The molecule has 0 aliphatic carbocycles. The number of hydrogen-bond donors (Lipinski definition) is 1. The Labute approximate surface area is 197 Å². The van der Waals surface area contributed by atoms with Gasteiger partial charge in [0, 0.05) is 7.05 Å². The van der Waals surface area contributed by atoms with Crippen molar-refractivity contribution in [3.63, 3.8) is 0 Å². The van der Waals surface area contributed by atoms with E-state index < -0.39 is 0 Å². The van der Waals surface area contributed by atoms with E-state index in [1.165, 1.54) is 0 Å². The predicted molar refractivity (Wildman–Crippen MR) is 127 cm³/mol. The molecule has 1 aliphatic heterocycles. The smallest absolute Gasteiger partial charge is 0.291 e. The van der Waals surface area contributed by atoms with Gasteiger partial charge in [0.05, 0.1) is 65.3 Å². The van der Waals surface area contributed by atoms with E-state index in [-0.39, 0.29) is 11.8 Å². The SMILES string of the molecule is [C-]#[N+]c1nc(Cc2cc(Nc3cccc(Cl)c3OC)c3c(n2)CN(C)C3=O)cnc1C(C)C. The molecule has 168 valence electrons. The number of carbonyl (C=O) groups is 1. The van der Waals surface area contributed by atoms with Gasteiger partial charge in [0.25, 0.3) is 11.7 Å². The normalized spacial score (nSPS) is 12.6. The Kier molecular flexibility index (Phi) is 6.16. The van der Waals surface area contributed by atoms with E-state index in [1.54, 1.807) is 37.4 Å². The molecule has 0 unspecified atom stereocenters. The van der Waals surface area contributed by atoms with E-state index in [2.05, 4.69) is 20.1 Å². The zero-order chi connectivity index (χ0) is 23.7. The second-order valence-electron chi connectivity index (χ2n) is 8.10. The van der Waals surface area contributed by atoms with Crippen LogP contribution in [0.25, 0.3) is 4.85 Å². The molecule has 4 rings (SSSR count). The average molecular weight is 463 g/mol. The molecule has 0 saturated carbocycles. The molecule has 0 fully saturated rings. The van der Waals surface area contributed by atoms with Crippen LogP contribution in [0.2, 0.25) is 5.02 Å². The van der Waals surface area contributed by atoms with E-state index >= 15 is 0 Å². The zero-order valence-electron chi connectivity index (χ0n) is 18.8.